The lowest BCUT2D eigenvalue weighted by Crippen LogP contribution is -1.90. The van der Waals surface area contributed by atoms with Gasteiger partial charge in [0.15, 0.2) is 0 Å². The molecule has 0 aromatic heterocycles. The van der Waals surface area contributed by atoms with Crippen LogP contribution in [0.25, 0.3) is 11.1 Å². The van der Waals surface area contributed by atoms with Crippen molar-refractivity contribution in [2.24, 2.45) is 0 Å². The molecule has 17 heavy (non-hydrogen) atoms. The van der Waals surface area contributed by atoms with Crippen molar-refractivity contribution >= 4 is 21.6 Å². The molecule has 0 spiro atoms. The summed E-state index contributed by atoms with van der Waals surface area (Å²) in [5.41, 5.74) is 3.04. The number of rotatable bonds is 2. The summed E-state index contributed by atoms with van der Waals surface area (Å²) < 4.78 is 0.859. The number of nitro benzene ring substituents is 1. The molecule has 0 aliphatic rings. The van der Waals surface area contributed by atoms with Crippen LogP contribution in [0.2, 0.25) is 0 Å². The second-order valence-corrected chi connectivity index (χ2v) is 4.59. The van der Waals surface area contributed by atoms with Gasteiger partial charge in [-0.1, -0.05) is 40.2 Å². The standard InChI is InChI=1S/C13H10BrNO2/c1-9-4-2-3-5-11(9)12-8-10(15(16)17)6-7-13(12)14/h2-8H,1H3. The maximum atomic E-state index is 10.8. The van der Waals surface area contributed by atoms with E-state index in [9.17, 15) is 10.1 Å². The van der Waals surface area contributed by atoms with Crippen molar-refractivity contribution in [3.8, 4) is 11.1 Å². The molecule has 0 atom stereocenters. The van der Waals surface area contributed by atoms with Gasteiger partial charge in [0.1, 0.15) is 0 Å². The van der Waals surface area contributed by atoms with Crippen LogP contribution in [0.4, 0.5) is 5.69 Å². The number of hydrogen-bond donors (Lipinski definition) is 0. The van der Waals surface area contributed by atoms with Gasteiger partial charge in [0.05, 0.1) is 4.92 Å². The summed E-state index contributed by atoms with van der Waals surface area (Å²) in [5.74, 6) is 0. The molecule has 2 rings (SSSR count). The quantitative estimate of drug-likeness (QED) is 0.610. The summed E-state index contributed by atoms with van der Waals surface area (Å²) in [7, 11) is 0. The molecule has 2 aromatic rings. The maximum Gasteiger partial charge on any atom is 0.270 e. The second kappa shape index (κ2) is 4.67. The van der Waals surface area contributed by atoms with Crippen LogP contribution in [0.5, 0.6) is 0 Å². The second-order valence-electron chi connectivity index (χ2n) is 3.74. The number of nitrogens with zero attached hydrogens (tertiary/aromatic N) is 1. The molecule has 0 aliphatic heterocycles. The Balaban J connectivity index is 2.63. The topological polar surface area (TPSA) is 43.1 Å². The van der Waals surface area contributed by atoms with E-state index in [1.54, 1.807) is 12.1 Å². The van der Waals surface area contributed by atoms with Crippen LogP contribution in [0.1, 0.15) is 5.56 Å². The van der Waals surface area contributed by atoms with Crippen LogP contribution >= 0.6 is 15.9 Å². The summed E-state index contributed by atoms with van der Waals surface area (Å²) in [6.07, 6.45) is 0. The molecule has 0 unspecified atom stereocenters. The third kappa shape index (κ3) is 2.36. The molecule has 0 bridgehead atoms. The SMILES string of the molecule is Cc1ccccc1-c1cc([N+](=O)[O-])ccc1Br. The number of benzene rings is 2. The first-order valence-corrected chi connectivity index (χ1v) is 5.89. The van der Waals surface area contributed by atoms with Crippen molar-refractivity contribution < 1.29 is 4.92 Å². The lowest BCUT2D eigenvalue weighted by Gasteiger charge is -2.07. The fourth-order valence-corrected chi connectivity index (χ4v) is 2.17. The molecule has 0 saturated heterocycles. The van der Waals surface area contributed by atoms with Crippen LogP contribution in [0.3, 0.4) is 0 Å². The summed E-state index contributed by atoms with van der Waals surface area (Å²) in [6, 6.07) is 12.6. The van der Waals surface area contributed by atoms with Gasteiger partial charge in [0.2, 0.25) is 0 Å². The number of aryl methyl sites for hydroxylation is 1. The zero-order valence-corrected chi connectivity index (χ0v) is 10.8. The zero-order valence-electron chi connectivity index (χ0n) is 9.18. The highest BCUT2D eigenvalue weighted by Gasteiger charge is 2.11. The van der Waals surface area contributed by atoms with E-state index in [-0.39, 0.29) is 10.6 Å². The van der Waals surface area contributed by atoms with Gasteiger partial charge in [-0.2, -0.15) is 0 Å². The van der Waals surface area contributed by atoms with Crippen LogP contribution < -0.4 is 0 Å². The molecular weight excluding hydrogens is 282 g/mol. The van der Waals surface area contributed by atoms with E-state index in [1.165, 1.54) is 6.07 Å². The monoisotopic (exact) mass is 291 g/mol. The summed E-state index contributed by atoms with van der Waals surface area (Å²) >= 11 is 3.43. The minimum absolute atomic E-state index is 0.103. The fraction of sp³-hybridized carbons (Fsp3) is 0.0769. The third-order valence-corrected chi connectivity index (χ3v) is 3.29. The Morgan fingerprint density at radius 3 is 2.47 bits per heavy atom. The Morgan fingerprint density at radius 2 is 1.82 bits per heavy atom. The molecule has 0 radical (unpaired) electrons. The molecule has 0 heterocycles. The Hall–Kier alpha value is -1.68. The summed E-state index contributed by atoms with van der Waals surface area (Å²) in [4.78, 5) is 10.4. The minimum atomic E-state index is -0.381. The number of halogens is 1. The minimum Gasteiger partial charge on any atom is -0.258 e. The molecule has 0 saturated carbocycles. The lowest BCUT2D eigenvalue weighted by molar-refractivity contribution is -0.384. The van der Waals surface area contributed by atoms with Gasteiger partial charge in [-0.25, -0.2) is 0 Å². The van der Waals surface area contributed by atoms with Gasteiger partial charge < -0.3 is 0 Å². The predicted octanol–water partition coefficient (Wildman–Crippen LogP) is 4.33. The molecule has 3 nitrogen and oxygen atoms in total. The molecule has 0 N–H and O–H groups in total. The van der Waals surface area contributed by atoms with Gasteiger partial charge >= 0.3 is 0 Å². The highest BCUT2D eigenvalue weighted by atomic mass is 79.9. The van der Waals surface area contributed by atoms with Crippen LogP contribution in [-0.2, 0) is 0 Å². The van der Waals surface area contributed by atoms with E-state index in [0.29, 0.717) is 0 Å². The first kappa shape index (κ1) is 11.8. The number of hydrogen-bond acceptors (Lipinski definition) is 2. The van der Waals surface area contributed by atoms with Gasteiger partial charge in [-0.3, -0.25) is 10.1 Å². The average molecular weight is 292 g/mol. The molecule has 0 amide bonds. The molecular formula is C13H10BrNO2. The smallest absolute Gasteiger partial charge is 0.258 e. The first-order valence-electron chi connectivity index (χ1n) is 5.09. The molecule has 0 aliphatic carbocycles. The maximum absolute atomic E-state index is 10.8. The lowest BCUT2D eigenvalue weighted by atomic mass is 10.0. The Labute approximate surface area is 107 Å². The van der Waals surface area contributed by atoms with Crippen molar-refractivity contribution in [1.29, 1.82) is 0 Å². The number of nitro groups is 1. The Morgan fingerprint density at radius 1 is 1.12 bits per heavy atom. The van der Waals surface area contributed by atoms with E-state index in [4.69, 9.17) is 0 Å². The van der Waals surface area contributed by atoms with Crippen LogP contribution in [-0.4, -0.2) is 4.92 Å². The largest absolute Gasteiger partial charge is 0.270 e. The Kier molecular flexibility index (Phi) is 3.24. The molecule has 4 heteroatoms. The molecule has 86 valence electrons. The average Bonchev–Trinajstić information content (AvgIpc) is 2.30. The zero-order chi connectivity index (χ0) is 12.4. The van der Waals surface area contributed by atoms with E-state index in [2.05, 4.69) is 15.9 Å². The summed E-state index contributed by atoms with van der Waals surface area (Å²) in [5, 5.41) is 10.8. The van der Waals surface area contributed by atoms with Crippen molar-refractivity contribution in [1.82, 2.24) is 0 Å². The molecule has 2 aromatic carbocycles. The first-order chi connectivity index (χ1) is 8.09. The van der Waals surface area contributed by atoms with Crippen LogP contribution in [0, 0.1) is 17.0 Å². The van der Waals surface area contributed by atoms with Gasteiger partial charge in [-0.05, 0) is 24.1 Å². The number of non-ortho nitro benzene ring substituents is 1. The van der Waals surface area contributed by atoms with Gasteiger partial charge in [-0.15, -0.1) is 0 Å². The normalized spacial score (nSPS) is 10.2. The van der Waals surface area contributed by atoms with Crippen LogP contribution in [0.15, 0.2) is 46.9 Å². The van der Waals surface area contributed by atoms with Crippen molar-refractivity contribution in [2.75, 3.05) is 0 Å². The van der Waals surface area contributed by atoms with E-state index in [1.807, 2.05) is 31.2 Å². The fourth-order valence-electron chi connectivity index (χ4n) is 1.71. The van der Waals surface area contributed by atoms with E-state index in [0.717, 1.165) is 21.2 Å². The third-order valence-electron chi connectivity index (χ3n) is 2.60. The van der Waals surface area contributed by atoms with Crippen molar-refractivity contribution in [3.63, 3.8) is 0 Å². The highest BCUT2D eigenvalue weighted by Crippen LogP contribution is 2.33. The highest BCUT2D eigenvalue weighted by molar-refractivity contribution is 9.10. The van der Waals surface area contributed by atoms with Crippen molar-refractivity contribution in [2.45, 2.75) is 6.92 Å². The Bertz CT molecular complexity index is 581. The van der Waals surface area contributed by atoms with Gasteiger partial charge in [0, 0.05) is 22.2 Å². The van der Waals surface area contributed by atoms with E-state index < -0.39 is 0 Å². The van der Waals surface area contributed by atoms with Crippen molar-refractivity contribution in [3.05, 3.63) is 62.6 Å². The van der Waals surface area contributed by atoms with Gasteiger partial charge in [0.25, 0.3) is 5.69 Å². The predicted molar refractivity (Wildman–Crippen MR) is 71.0 cm³/mol. The summed E-state index contributed by atoms with van der Waals surface area (Å²) in [6.45, 7) is 1.99. The molecule has 0 fully saturated rings. The van der Waals surface area contributed by atoms with E-state index >= 15 is 0 Å².